The van der Waals surface area contributed by atoms with Crippen LogP contribution in [0.3, 0.4) is 0 Å². The molecule has 0 aliphatic carbocycles. The molecule has 0 spiro atoms. The summed E-state index contributed by atoms with van der Waals surface area (Å²) in [5.74, 6) is -0.226. The minimum Gasteiger partial charge on any atom is -0.476 e. The number of fused-ring (bicyclic) bond motifs is 1. The lowest BCUT2D eigenvalue weighted by Crippen LogP contribution is -2.48. The molecule has 0 saturated carbocycles. The molecule has 1 atom stereocenters. The number of anilines is 2. The summed E-state index contributed by atoms with van der Waals surface area (Å²) in [4.78, 5) is 13.2. The number of halogens is 1. The van der Waals surface area contributed by atoms with E-state index in [-0.39, 0.29) is 16.6 Å². The molecule has 0 fully saturated rings. The number of amides is 1. The van der Waals surface area contributed by atoms with E-state index in [0.717, 1.165) is 11.1 Å². The van der Waals surface area contributed by atoms with Crippen LogP contribution in [-0.2, 0) is 14.8 Å². The Kier molecular flexibility index (Phi) is 6.18. The maximum Gasteiger partial charge on any atom is 0.269 e. The van der Waals surface area contributed by atoms with Gasteiger partial charge in [-0.2, -0.15) is 0 Å². The Bertz CT molecular complexity index is 1490. The van der Waals surface area contributed by atoms with Crippen LogP contribution in [0.1, 0.15) is 5.56 Å². The third kappa shape index (κ3) is 4.72. The number of aryl methyl sites for hydroxylation is 1. The van der Waals surface area contributed by atoms with Gasteiger partial charge >= 0.3 is 0 Å². The van der Waals surface area contributed by atoms with Gasteiger partial charge in [0.2, 0.25) is 5.13 Å². The van der Waals surface area contributed by atoms with Crippen molar-refractivity contribution < 1.29 is 17.9 Å². The molecule has 178 valence electrons. The first-order valence-corrected chi connectivity index (χ1v) is 13.2. The van der Waals surface area contributed by atoms with E-state index < -0.39 is 22.0 Å². The number of aromatic nitrogens is 2. The van der Waals surface area contributed by atoms with Gasteiger partial charge < -0.3 is 4.74 Å². The van der Waals surface area contributed by atoms with Crippen LogP contribution in [0, 0.1) is 6.92 Å². The first kappa shape index (κ1) is 23.3. The Morgan fingerprint density at radius 2 is 1.77 bits per heavy atom. The maximum absolute atomic E-state index is 13.5. The fraction of sp³-hybridized carbons (Fsp3) is 0.125. The number of nitrogens with zero attached hydrogens (tertiary/aromatic N) is 3. The van der Waals surface area contributed by atoms with Crippen LogP contribution in [0.5, 0.6) is 5.75 Å². The van der Waals surface area contributed by atoms with Crippen molar-refractivity contribution in [1.29, 1.82) is 0 Å². The molecule has 3 aromatic carbocycles. The Labute approximate surface area is 211 Å². The van der Waals surface area contributed by atoms with Gasteiger partial charge in [-0.15, -0.1) is 10.2 Å². The van der Waals surface area contributed by atoms with Gasteiger partial charge in [0.25, 0.3) is 15.9 Å². The van der Waals surface area contributed by atoms with Gasteiger partial charge in [0, 0.05) is 10.6 Å². The number of para-hydroxylation sites is 2. The number of rotatable bonds is 5. The van der Waals surface area contributed by atoms with Crippen LogP contribution in [0.4, 0.5) is 10.8 Å². The smallest absolute Gasteiger partial charge is 0.269 e. The number of sulfonamides is 1. The molecule has 1 N–H and O–H groups in total. The highest BCUT2D eigenvalue weighted by molar-refractivity contribution is 7.92. The molecule has 4 aromatic rings. The number of nitrogens with one attached hydrogen (secondary N) is 1. The predicted octanol–water partition coefficient (Wildman–Crippen LogP) is 4.76. The molecule has 1 aliphatic heterocycles. The molecular weight excluding hydrogens is 508 g/mol. The van der Waals surface area contributed by atoms with Crippen LogP contribution in [-0.4, -0.2) is 37.2 Å². The molecule has 1 amide bonds. The molecule has 5 rings (SSSR count). The van der Waals surface area contributed by atoms with Gasteiger partial charge in [-0.05, 0) is 43.3 Å². The summed E-state index contributed by atoms with van der Waals surface area (Å²) >= 11 is 7.12. The average molecular weight is 527 g/mol. The van der Waals surface area contributed by atoms with E-state index in [2.05, 4.69) is 15.5 Å². The highest BCUT2D eigenvalue weighted by Gasteiger charge is 2.37. The molecule has 0 saturated heterocycles. The summed E-state index contributed by atoms with van der Waals surface area (Å²) in [5.41, 5.74) is 2.13. The quantitative estimate of drug-likeness (QED) is 0.402. The first-order valence-electron chi connectivity index (χ1n) is 10.6. The molecular formula is C24H19ClN4O4S2. The highest BCUT2D eigenvalue weighted by atomic mass is 35.5. The molecule has 0 radical (unpaired) electrons. The number of benzene rings is 3. The molecule has 0 bridgehead atoms. The molecule has 35 heavy (non-hydrogen) atoms. The van der Waals surface area contributed by atoms with Crippen LogP contribution in [0.2, 0.25) is 5.02 Å². The largest absolute Gasteiger partial charge is 0.476 e. The second kappa shape index (κ2) is 9.29. The van der Waals surface area contributed by atoms with E-state index in [9.17, 15) is 13.2 Å². The predicted molar refractivity (Wildman–Crippen MR) is 136 cm³/mol. The second-order valence-electron chi connectivity index (χ2n) is 7.83. The zero-order valence-electron chi connectivity index (χ0n) is 18.4. The fourth-order valence-electron chi connectivity index (χ4n) is 3.57. The molecule has 1 aliphatic rings. The van der Waals surface area contributed by atoms with E-state index in [0.29, 0.717) is 21.5 Å². The standard InChI is InChI=1S/C24H19ClN4O4S2/c1-15-6-12-18(13-7-15)35(31,32)29-14-21(33-20-5-3-2-4-19(20)29)22(30)26-24-28-27-23(34-24)16-8-10-17(25)11-9-16/h2-13,21H,14H2,1H3,(H,26,28,30)/t21-/m0/s1. The zero-order valence-corrected chi connectivity index (χ0v) is 20.8. The zero-order chi connectivity index (χ0) is 24.6. The summed E-state index contributed by atoms with van der Waals surface area (Å²) in [5, 5.41) is 12.3. The van der Waals surface area contributed by atoms with E-state index in [1.807, 2.05) is 19.1 Å². The molecule has 1 aromatic heterocycles. The third-order valence-corrected chi connectivity index (χ3v) is 8.32. The Hall–Kier alpha value is -3.47. The second-order valence-corrected chi connectivity index (χ2v) is 11.1. The average Bonchev–Trinajstić information content (AvgIpc) is 3.32. The van der Waals surface area contributed by atoms with Crippen molar-refractivity contribution in [1.82, 2.24) is 10.2 Å². The van der Waals surface area contributed by atoms with Crippen molar-refractivity contribution in [3.05, 3.63) is 83.4 Å². The van der Waals surface area contributed by atoms with Crippen LogP contribution >= 0.6 is 22.9 Å². The first-order chi connectivity index (χ1) is 16.8. The number of carbonyl (C=O) groups excluding carboxylic acids is 1. The van der Waals surface area contributed by atoms with Crippen molar-refractivity contribution in [3.8, 4) is 16.3 Å². The third-order valence-electron chi connectivity index (χ3n) is 5.38. The monoisotopic (exact) mass is 526 g/mol. The van der Waals surface area contributed by atoms with Gasteiger partial charge in [-0.3, -0.25) is 14.4 Å². The summed E-state index contributed by atoms with van der Waals surface area (Å²) in [6, 6.07) is 20.4. The van der Waals surface area contributed by atoms with Gasteiger partial charge in [-0.25, -0.2) is 8.42 Å². The van der Waals surface area contributed by atoms with Gasteiger partial charge in [0.15, 0.2) is 6.10 Å². The summed E-state index contributed by atoms with van der Waals surface area (Å²) in [7, 11) is -3.93. The molecule has 8 nitrogen and oxygen atoms in total. The van der Waals surface area contributed by atoms with Crippen molar-refractivity contribution in [2.24, 2.45) is 0 Å². The van der Waals surface area contributed by atoms with Crippen molar-refractivity contribution >= 4 is 49.7 Å². The van der Waals surface area contributed by atoms with Gasteiger partial charge in [0.05, 0.1) is 17.1 Å². The van der Waals surface area contributed by atoms with E-state index >= 15 is 0 Å². The molecule has 11 heteroatoms. The van der Waals surface area contributed by atoms with E-state index in [1.165, 1.54) is 15.6 Å². The van der Waals surface area contributed by atoms with Crippen molar-refractivity contribution in [2.75, 3.05) is 16.2 Å². The van der Waals surface area contributed by atoms with Crippen molar-refractivity contribution in [2.45, 2.75) is 17.9 Å². The lowest BCUT2D eigenvalue weighted by atomic mass is 10.2. The minimum atomic E-state index is -3.93. The van der Waals surface area contributed by atoms with Gasteiger partial charge in [-0.1, -0.05) is 64.9 Å². The Balaban J connectivity index is 1.40. The number of hydrogen-bond donors (Lipinski definition) is 1. The van der Waals surface area contributed by atoms with Crippen LogP contribution < -0.4 is 14.4 Å². The van der Waals surface area contributed by atoms with Crippen molar-refractivity contribution in [3.63, 3.8) is 0 Å². The number of ether oxygens (including phenoxy) is 1. The van der Waals surface area contributed by atoms with Gasteiger partial charge in [0.1, 0.15) is 10.8 Å². The summed E-state index contributed by atoms with van der Waals surface area (Å²) < 4.78 is 34.0. The Morgan fingerprint density at radius 1 is 1.06 bits per heavy atom. The lowest BCUT2D eigenvalue weighted by molar-refractivity contribution is -0.122. The SMILES string of the molecule is Cc1ccc(S(=O)(=O)N2C[C@@H](C(=O)Nc3nnc(-c4ccc(Cl)cc4)s3)Oc3ccccc32)cc1. The molecule has 2 heterocycles. The van der Waals surface area contributed by atoms with Crippen LogP contribution in [0.25, 0.3) is 10.6 Å². The molecule has 0 unspecified atom stereocenters. The maximum atomic E-state index is 13.5. The highest BCUT2D eigenvalue weighted by Crippen LogP contribution is 2.37. The van der Waals surface area contributed by atoms with E-state index in [4.69, 9.17) is 16.3 Å². The minimum absolute atomic E-state index is 0.135. The van der Waals surface area contributed by atoms with Crippen LogP contribution in [0.15, 0.2) is 77.7 Å². The topological polar surface area (TPSA) is 101 Å². The number of carbonyl (C=O) groups is 1. The number of hydrogen-bond acceptors (Lipinski definition) is 7. The normalized spacial score (nSPS) is 15.3. The Morgan fingerprint density at radius 3 is 2.51 bits per heavy atom. The fourth-order valence-corrected chi connectivity index (χ4v) is 5.93. The summed E-state index contributed by atoms with van der Waals surface area (Å²) in [6.45, 7) is 1.69. The lowest BCUT2D eigenvalue weighted by Gasteiger charge is -2.34. The summed E-state index contributed by atoms with van der Waals surface area (Å²) in [6.07, 6.45) is -1.09. The van der Waals surface area contributed by atoms with E-state index in [1.54, 1.807) is 60.7 Å².